The van der Waals surface area contributed by atoms with Gasteiger partial charge in [0.05, 0.1) is 0 Å². The van der Waals surface area contributed by atoms with Gasteiger partial charge in [0, 0.05) is 12.1 Å². The molecule has 0 amide bonds. The molecule has 1 nitrogen and oxygen atoms in total. The van der Waals surface area contributed by atoms with Crippen molar-refractivity contribution in [3.05, 3.63) is 30.1 Å². The molecule has 0 aliphatic carbocycles. The van der Waals surface area contributed by atoms with Crippen LogP contribution in [0.2, 0.25) is 0 Å². The summed E-state index contributed by atoms with van der Waals surface area (Å²) in [6, 6.07) is 5.37. The minimum Gasteiger partial charge on any atom is -0.435 e. The average molecular weight is 161 g/mol. The lowest BCUT2D eigenvalue weighted by molar-refractivity contribution is -0.0499. The van der Waals surface area contributed by atoms with Crippen molar-refractivity contribution in [3.63, 3.8) is 0 Å². The summed E-state index contributed by atoms with van der Waals surface area (Å²) < 4.78 is 39.1. The van der Waals surface area contributed by atoms with Crippen LogP contribution in [0.4, 0.5) is 13.2 Å². The highest BCUT2D eigenvalue weighted by Gasteiger charge is 2.03. The van der Waals surface area contributed by atoms with Crippen molar-refractivity contribution in [2.45, 2.75) is 6.61 Å². The molecule has 0 saturated carbocycles. The smallest absolute Gasteiger partial charge is 0.387 e. The van der Waals surface area contributed by atoms with Crippen LogP contribution in [0, 0.1) is 11.9 Å². The van der Waals surface area contributed by atoms with Crippen LogP contribution in [-0.4, -0.2) is 6.61 Å². The molecule has 1 aromatic rings. The van der Waals surface area contributed by atoms with Crippen LogP contribution in [0.25, 0.3) is 0 Å². The second kappa shape index (κ2) is 3.27. The van der Waals surface area contributed by atoms with Crippen LogP contribution >= 0.6 is 0 Å². The first kappa shape index (κ1) is 7.91. The zero-order valence-electron chi connectivity index (χ0n) is 5.35. The molecule has 1 aromatic carbocycles. The summed E-state index contributed by atoms with van der Waals surface area (Å²) >= 11 is 0. The van der Waals surface area contributed by atoms with Gasteiger partial charge in [-0.2, -0.15) is 8.78 Å². The quantitative estimate of drug-likeness (QED) is 0.646. The van der Waals surface area contributed by atoms with Crippen LogP contribution in [0.15, 0.2) is 18.2 Å². The highest BCUT2D eigenvalue weighted by atomic mass is 19.3. The molecule has 0 atom stereocenters. The van der Waals surface area contributed by atoms with Crippen molar-refractivity contribution in [2.75, 3.05) is 0 Å². The van der Waals surface area contributed by atoms with E-state index < -0.39 is 12.4 Å². The summed E-state index contributed by atoms with van der Waals surface area (Å²) in [7, 11) is 0. The Kier molecular flexibility index (Phi) is 2.36. The van der Waals surface area contributed by atoms with Crippen LogP contribution in [0.1, 0.15) is 0 Å². The third-order valence-corrected chi connectivity index (χ3v) is 0.963. The van der Waals surface area contributed by atoms with Crippen molar-refractivity contribution in [1.82, 2.24) is 0 Å². The molecule has 1 rings (SSSR count). The lowest BCUT2D eigenvalue weighted by Crippen LogP contribution is -2.01. The van der Waals surface area contributed by atoms with E-state index in [0.29, 0.717) is 0 Å². The molecule has 4 heteroatoms. The second-order valence-electron chi connectivity index (χ2n) is 1.75. The number of rotatable bonds is 2. The van der Waals surface area contributed by atoms with E-state index in [1.54, 1.807) is 0 Å². The zero-order chi connectivity index (χ0) is 8.27. The molecule has 0 spiro atoms. The first-order valence-corrected chi connectivity index (χ1v) is 2.80. The minimum absolute atomic E-state index is 0.198. The van der Waals surface area contributed by atoms with Crippen molar-refractivity contribution in [2.24, 2.45) is 0 Å². The summed E-state index contributed by atoms with van der Waals surface area (Å²) in [6.07, 6.45) is 0. The van der Waals surface area contributed by atoms with Crippen LogP contribution in [-0.2, 0) is 0 Å². The Morgan fingerprint density at radius 2 is 2.18 bits per heavy atom. The van der Waals surface area contributed by atoms with Gasteiger partial charge < -0.3 is 4.74 Å². The molecular formula is C7H4F3O. The highest BCUT2D eigenvalue weighted by molar-refractivity contribution is 5.21. The van der Waals surface area contributed by atoms with Gasteiger partial charge in [-0.3, -0.25) is 0 Å². The zero-order valence-corrected chi connectivity index (χ0v) is 5.35. The molecule has 0 heterocycles. The van der Waals surface area contributed by atoms with Crippen LogP contribution < -0.4 is 4.74 Å². The predicted octanol–water partition coefficient (Wildman–Crippen LogP) is 2.23. The Balaban J connectivity index is 2.71. The molecule has 0 N–H and O–H groups in total. The topological polar surface area (TPSA) is 9.23 Å². The number of benzene rings is 1. The fraction of sp³-hybridized carbons (Fsp3) is 0.143. The predicted molar refractivity (Wildman–Crippen MR) is 31.9 cm³/mol. The van der Waals surface area contributed by atoms with Gasteiger partial charge in [0.25, 0.3) is 0 Å². The van der Waals surface area contributed by atoms with Gasteiger partial charge in [0.2, 0.25) is 0 Å². The first-order chi connectivity index (χ1) is 5.18. The summed E-state index contributed by atoms with van der Waals surface area (Å²) in [4.78, 5) is 0. The summed E-state index contributed by atoms with van der Waals surface area (Å²) in [5.41, 5.74) is 0. The van der Waals surface area contributed by atoms with E-state index >= 15 is 0 Å². The SMILES string of the molecule is Fc1[c]ccc(OC(F)F)c1. The fourth-order valence-electron chi connectivity index (χ4n) is 0.594. The fourth-order valence-corrected chi connectivity index (χ4v) is 0.594. The molecular weight excluding hydrogens is 157 g/mol. The van der Waals surface area contributed by atoms with Crippen molar-refractivity contribution in [1.29, 1.82) is 0 Å². The standard InChI is InChI=1S/C7H4F3O/c8-5-2-1-3-6(4-5)11-7(9)10/h1,3-4,7H. The number of halogens is 3. The maximum atomic E-state index is 12.2. The maximum Gasteiger partial charge on any atom is 0.387 e. The number of hydrogen-bond donors (Lipinski definition) is 0. The summed E-state index contributed by atoms with van der Waals surface area (Å²) in [5, 5.41) is 0. The van der Waals surface area contributed by atoms with Crippen molar-refractivity contribution < 1.29 is 17.9 Å². The Hall–Kier alpha value is -1.19. The first-order valence-electron chi connectivity index (χ1n) is 2.80. The molecule has 0 unspecified atom stereocenters. The van der Waals surface area contributed by atoms with Gasteiger partial charge in [0.1, 0.15) is 11.6 Å². The second-order valence-corrected chi connectivity index (χ2v) is 1.75. The van der Waals surface area contributed by atoms with Gasteiger partial charge in [-0.05, 0) is 12.1 Å². The Bertz CT molecular complexity index is 237. The Morgan fingerprint density at radius 1 is 1.45 bits per heavy atom. The van der Waals surface area contributed by atoms with Crippen molar-refractivity contribution in [3.8, 4) is 5.75 Å². The van der Waals surface area contributed by atoms with E-state index in [-0.39, 0.29) is 5.75 Å². The van der Waals surface area contributed by atoms with Gasteiger partial charge in [-0.1, -0.05) is 0 Å². The lowest BCUT2D eigenvalue weighted by Gasteiger charge is -2.02. The number of alkyl halides is 2. The molecule has 11 heavy (non-hydrogen) atoms. The number of ether oxygens (including phenoxy) is 1. The number of hydrogen-bond acceptors (Lipinski definition) is 1. The van der Waals surface area contributed by atoms with E-state index in [4.69, 9.17) is 0 Å². The molecule has 59 valence electrons. The van der Waals surface area contributed by atoms with E-state index in [1.807, 2.05) is 0 Å². The Labute approximate surface area is 61.4 Å². The summed E-state index contributed by atoms with van der Waals surface area (Å²) in [6.45, 7) is -2.92. The van der Waals surface area contributed by atoms with E-state index in [0.717, 1.165) is 6.07 Å². The van der Waals surface area contributed by atoms with Gasteiger partial charge in [-0.25, -0.2) is 4.39 Å². The highest BCUT2D eigenvalue weighted by Crippen LogP contribution is 2.13. The third-order valence-electron chi connectivity index (χ3n) is 0.963. The minimum atomic E-state index is -2.92. The molecule has 0 bridgehead atoms. The molecule has 0 saturated heterocycles. The molecule has 0 aromatic heterocycles. The van der Waals surface area contributed by atoms with Crippen molar-refractivity contribution >= 4 is 0 Å². The third kappa shape index (κ3) is 2.49. The Morgan fingerprint density at radius 3 is 2.73 bits per heavy atom. The van der Waals surface area contributed by atoms with Gasteiger partial charge >= 0.3 is 6.61 Å². The average Bonchev–Trinajstić information content (AvgIpc) is 1.85. The van der Waals surface area contributed by atoms with E-state index in [9.17, 15) is 13.2 Å². The van der Waals surface area contributed by atoms with Gasteiger partial charge in [-0.15, -0.1) is 0 Å². The molecule has 0 aliphatic heterocycles. The van der Waals surface area contributed by atoms with Gasteiger partial charge in [0.15, 0.2) is 0 Å². The maximum absolute atomic E-state index is 12.2. The lowest BCUT2D eigenvalue weighted by atomic mass is 10.3. The largest absolute Gasteiger partial charge is 0.435 e. The monoisotopic (exact) mass is 161 g/mol. The van der Waals surface area contributed by atoms with Crippen LogP contribution in [0.3, 0.4) is 0 Å². The molecule has 0 fully saturated rings. The molecule has 0 aliphatic rings. The van der Waals surface area contributed by atoms with E-state index in [2.05, 4.69) is 10.8 Å². The van der Waals surface area contributed by atoms with E-state index in [1.165, 1.54) is 12.1 Å². The van der Waals surface area contributed by atoms with Crippen LogP contribution in [0.5, 0.6) is 5.75 Å². The molecule has 1 radical (unpaired) electrons. The summed E-state index contributed by atoms with van der Waals surface area (Å²) in [5.74, 6) is -0.917. The normalized spacial score (nSPS) is 10.2.